The zero-order valence-electron chi connectivity index (χ0n) is 28.2. The van der Waals surface area contributed by atoms with Crippen LogP contribution in [0.25, 0.3) is 11.0 Å². The Kier molecular flexibility index (Phi) is 10.8. The molecule has 0 aliphatic carbocycles. The van der Waals surface area contributed by atoms with Gasteiger partial charge in [0.15, 0.2) is 11.8 Å². The molecule has 256 valence electrons. The number of benzene rings is 2. The summed E-state index contributed by atoms with van der Waals surface area (Å²) in [5.74, 6) is -0.781. The third kappa shape index (κ3) is 7.83. The highest BCUT2D eigenvalue weighted by molar-refractivity contribution is 6.11. The lowest BCUT2D eigenvalue weighted by atomic mass is 9.80. The number of ketones is 1. The first kappa shape index (κ1) is 34.9. The SMILES string of the molecule is CCOC(=O)C(NCC(C)(C(=O)N1CCCC1)c1ccc2c(c1)nc(CNc1ccc(C(=N)NC(=O)c3cccnc3)cc1)n2C)C(C)=O. The molecule has 4 N–H and O–H groups in total. The van der Waals surface area contributed by atoms with Gasteiger partial charge in [0.1, 0.15) is 11.7 Å². The summed E-state index contributed by atoms with van der Waals surface area (Å²) in [6.07, 6.45) is 4.88. The molecular formula is C36H42N8O5. The fourth-order valence-electron chi connectivity index (χ4n) is 5.94. The van der Waals surface area contributed by atoms with Gasteiger partial charge in [-0.05, 0) is 87.7 Å². The van der Waals surface area contributed by atoms with Crippen molar-refractivity contribution in [2.45, 2.75) is 51.6 Å². The fourth-order valence-corrected chi connectivity index (χ4v) is 5.94. The highest BCUT2D eigenvalue weighted by Crippen LogP contribution is 2.31. The zero-order chi connectivity index (χ0) is 35.1. The van der Waals surface area contributed by atoms with Crippen molar-refractivity contribution in [3.8, 4) is 0 Å². The van der Waals surface area contributed by atoms with E-state index in [1.807, 2.05) is 53.8 Å². The minimum Gasteiger partial charge on any atom is -0.464 e. The molecule has 2 aromatic carbocycles. The molecule has 13 heteroatoms. The number of Topliss-reactive ketones (excluding diaryl/α,β-unsaturated/α-hetero) is 1. The molecule has 3 heterocycles. The maximum atomic E-state index is 14.0. The molecule has 49 heavy (non-hydrogen) atoms. The monoisotopic (exact) mass is 666 g/mol. The van der Waals surface area contributed by atoms with Crippen LogP contribution in [0.4, 0.5) is 5.69 Å². The molecule has 0 radical (unpaired) electrons. The van der Waals surface area contributed by atoms with Gasteiger partial charge in [0, 0.05) is 50.3 Å². The number of nitrogens with zero attached hydrogens (tertiary/aromatic N) is 4. The maximum absolute atomic E-state index is 14.0. The first-order valence-corrected chi connectivity index (χ1v) is 16.3. The van der Waals surface area contributed by atoms with Crippen molar-refractivity contribution in [3.63, 3.8) is 0 Å². The number of amidine groups is 1. The minimum atomic E-state index is -1.17. The summed E-state index contributed by atoms with van der Waals surface area (Å²) in [6.45, 7) is 6.76. The number of amides is 2. The Morgan fingerprint density at radius 3 is 2.43 bits per heavy atom. The van der Waals surface area contributed by atoms with Crippen LogP contribution >= 0.6 is 0 Å². The van der Waals surface area contributed by atoms with Gasteiger partial charge in [-0.2, -0.15) is 0 Å². The lowest BCUT2D eigenvalue weighted by molar-refractivity contribution is -0.149. The summed E-state index contributed by atoms with van der Waals surface area (Å²) < 4.78 is 7.09. The minimum absolute atomic E-state index is 0.0188. The topological polar surface area (TPSA) is 171 Å². The number of rotatable bonds is 13. The second-order valence-corrected chi connectivity index (χ2v) is 12.3. The number of hydrogen-bond donors (Lipinski definition) is 4. The first-order chi connectivity index (χ1) is 23.5. The van der Waals surface area contributed by atoms with Gasteiger partial charge >= 0.3 is 5.97 Å². The maximum Gasteiger partial charge on any atom is 0.330 e. The normalized spacial score (nSPS) is 14.6. The first-order valence-electron chi connectivity index (χ1n) is 16.3. The Morgan fingerprint density at radius 2 is 1.78 bits per heavy atom. The summed E-state index contributed by atoms with van der Waals surface area (Å²) in [5, 5.41) is 17.3. The molecule has 0 spiro atoms. The van der Waals surface area contributed by atoms with Crippen LogP contribution in [-0.4, -0.2) is 81.1 Å². The van der Waals surface area contributed by atoms with Gasteiger partial charge in [-0.1, -0.05) is 6.07 Å². The van der Waals surface area contributed by atoms with Crippen LogP contribution in [-0.2, 0) is 38.1 Å². The number of hydrogen-bond acceptors (Lipinski definition) is 10. The second-order valence-electron chi connectivity index (χ2n) is 12.3. The number of aryl methyl sites for hydroxylation is 1. The summed E-state index contributed by atoms with van der Waals surface area (Å²) in [4.78, 5) is 61.9. The smallest absolute Gasteiger partial charge is 0.330 e. The van der Waals surface area contributed by atoms with Crippen molar-refractivity contribution < 1.29 is 23.9 Å². The third-order valence-electron chi connectivity index (χ3n) is 8.85. The number of carbonyl (C=O) groups is 4. The number of esters is 1. The van der Waals surface area contributed by atoms with E-state index in [0.29, 0.717) is 36.3 Å². The van der Waals surface area contributed by atoms with Crippen molar-refractivity contribution in [2.24, 2.45) is 7.05 Å². The van der Waals surface area contributed by atoms with Crippen LogP contribution in [0, 0.1) is 5.41 Å². The van der Waals surface area contributed by atoms with Gasteiger partial charge in [-0.3, -0.25) is 30.1 Å². The average molecular weight is 667 g/mol. The third-order valence-corrected chi connectivity index (χ3v) is 8.85. The summed E-state index contributed by atoms with van der Waals surface area (Å²) in [6, 6.07) is 15.0. The molecule has 1 fully saturated rings. The van der Waals surface area contributed by atoms with Crippen LogP contribution in [0.1, 0.15) is 60.9 Å². The molecule has 1 aliphatic rings. The van der Waals surface area contributed by atoms with E-state index in [1.54, 1.807) is 37.4 Å². The highest BCUT2D eigenvalue weighted by atomic mass is 16.5. The number of fused-ring (bicyclic) bond motifs is 1. The van der Waals surface area contributed by atoms with Gasteiger partial charge in [0.05, 0.1) is 35.2 Å². The van der Waals surface area contributed by atoms with Crippen LogP contribution in [0.5, 0.6) is 0 Å². The number of nitrogens with one attached hydrogen (secondary N) is 4. The Balaban J connectivity index is 1.31. The van der Waals surface area contributed by atoms with Crippen LogP contribution in [0.15, 0.2) is 67.0 Å². The van der Waals surface area contributed by atoms with E-state index >= 15 is 0 Å². The van der Waals surface area contributed by atoms with E-state index in [4.69, 9.17) is 15.1 Å². The zero-order valence-corrected chi connectivity index (χ0v) is 28.2. The van der Waals surface area contributed by atoms with Crippen molar-refractivity contribution in [3.05, 3.63) is 89.5 Å². The number of ether oxygens (including phenoxy) is 1. The molecule has 2 aromatic heterocycles. The lowest BCUT2D eigenvalue weighted by Crippen LogP contribution is -2.54. The quantitative estimate of drug-likeness (QED) is 0.0723. The van der Waals surface area contributed by atoms with Gasteiger partial charge in [0.25, 0.3) is 5.91 Å². The number of imidazole rings is 1. The molecule has 0 saturated carbocycles. The number of carbonyl (C=O) groups excluding carboxylic acids is 4. The van der Waals surface area contributed by atoms with Crippen LogP contribution in [0.2, 0.25) is 0 Å². The van der Waals surface area contributed by atoms with E-state index in [1.165, 1.54) is 13.1 Å². The molecule has 2 unspecified atom stereocenters. The van der Waals surface area contributed by atoms with Gasteiger partial charge in [-0.25, -0.2) is 9.78 Å². The molecule has 13 nitrogen and oxygen atoms in total. The number of aromatic nitrogens is 3. The van der Waals surface area contributed by atoms with Crippen LogP contribution in [0.3, 0.4) is 0 Å². The van der Waals surface area contributed by atoms with Crippen molar-refractivity contribution in [1.82, 2.24) is 30.1 Å². The van der Waals surface area contributed by atoms with E-state index in [9.17, 15) is 19.2 Å². The number of anilines is 1. The predicted octanol–water partition coefficient (Wildman–Crippen LogP) is 3.33. The largest absolute Gasteiger partial charge is 0.464 e. The Hall–Kier alpha value is -5.43. The van der Waals surface area contributed by atoms with Crippen LogP contribution < -0.4 is 16.0 Å². The molecule has 1 saturated heterocycles. The Morgan fingerprint density at radius 1 is 1.04 bits per heavy atom. The summed E-state index contributed by atoms with van der Waals surface area (Å²) in [5.41, 5.74) is 2.96. The van der Waals surface area contributed by atoms with Gasteiger partial charge in [-0.15, -0.1) is 0 Å². The van der Waals surface area contributed by atoms with Crippen molar-refractivity contribution in [2.75, 3.05) is 31.6 Å². The molecular weight excluding hydrogens is 624 g/mol. The fraction of sp³-hybridized carbons (Fsp3) is 0.361. The summed E-state index contributed by atoms with van der Waals surface area (Å²) in [7, 11) is 1.92. The molecule has 2 atom stereocenters. The van der Waals surface area contributed by atoms with E-state index in [2.05, 4.69) is 20.9 Å². The number of likely N-dealkylation sites (tertiary alicyclic amines) is 1. The van der Waals surface area contributed by atoms with Crippen molar-refractivity contribution >= 4 is 46.1 Å². The highest BCUT2D eigenvalue weighted by Gasteiger charge is 2.41. The second kappa shape index (κ2) is 15.2. The number of pyridine rings is 1. The Bertz CT molecular complexity index is 1850. The van der Waals surface area contributed by atoms with E-state index < -0.39 is 23.3 Å². The average Bonchev–Trinajstić information content (AvgIpc) is 3.75. The van der Waals surface area contributed by atoms with Crippen molar-refractivity contribution in [1.29, 1.82) is 5.41 Å². The van der Waals surface area contributed by atoms with Gasteiger partial charge in [0.2, 0.25) is 5.91 Å². The molecule has 1 aliphatic heterocycles. The van der Waals surface area contributed by atoms with E-state index in [-0.39, 0.29) is 30.7 Å². The molecule has 5 rings (SSSR count). The lowest BCUT2D eigenvalue weighted by Gasteiger charge is -2.34. The van der Waals surface area contributed by atoms with Gasteiger partial charge < -0.3 is 24.8 Å². The molecule has 2 amide bonds. The molecule has 0 bridgehead atoms. The Labute approximate surface area is 285 Å². The predicted molar refractivity (Wildman–Crippen MR) is 185 cm³/mol. The van der Waals surface area contributed by atoms with E-state index in [0.717, 1.165) is 35.4 Å². The summed E-state index contributed by atoms with van der Waals surface area (Å²) >= 11 is 0. The standard InChI is InChI=1S/C36H42N8O5/c1-5-49-34(47)31(23(2)45)40-22-36(3,35(48)44-17-6-7-18-44)26-12-15-29-28(19-26)41-30(43(29)4)21-39-27-13-10-24(11-14-27)32(37)42-33(46)25-9-8-16-38-20-25/h8-16,19-20,31,39-40H,5-7,17-18,21-22H2,1-4H3,(H2,37,42,46). The molecule has 4 aromatic rings.